The molecule has 0 aromatic carbocycles. The van der Waals surface area contributed by atoms with E-state index in [2.05, 4.69) is 21.7 Å². The smallest absolute Gasteiger partial charge is 0.220 e. The van der Waals surface area contributed by atoms with Gasteiger partial charge in [0.1, 0.15) is 0 Å². The molecule has 106 valence electrons. The highest BCUT2D eigenvalue weighted by molar-refractivity contribution is 7.10. The Balaban J connectivity index is 1.63. The molecular weight excluding hydrogens is 258 g/mol. The Hall–Kier alpha value is -0.910. The van der Waals surface area contributed by atoms with Crippen molar-refractivity contribution < 1.29 is 4.79 Å². The van der Waals surface area contributed by atoms with Crippen LogP contribution in [0.4, 0.5) is 0 Å². The van der Waals surface area contributed by atoms with E-state index in [4.69, 9.17) is 5.73 Å². The molecule has 0 fully saturated rings. The van der Waals surface area contributed by atoms with Crippen LogP contribution in [0, 0.1) is 0 Å². The van der Waals surface area contributed by atoms with Gasteiger partial charge < -0.3 is 11.1 Å². The quantitative estimate of drug-likeness (QED) is 0.827. The number of nitrogens with two attached hydrogens (primary N) is 1. The molecule has 0 saturated heterocycles. The zero-order valence-electron chi connectivity index (χ0n) is 11.5. The topological polar surface area (TPSA) is 58.4 Å². The average molecular weight is 281 g/mol. The van der Waals surface area contributed by atoms with E-state index in [1.807, 2.05) is 18.3 Å². The Morgan fingerprint density at radius 3 is 3.26 bits per heavy atom. The van der Waals surface area contributed by atoms with Crippen molar-refractivity contribution in [3.8, 4) is 0 Å². The van der Waals surface area contributed by atoms with Crippen molar-refractivity contribution in [2.75, 3.05) is 19.6 Å². The van der Waals surface area contributed by atoms with Gasteiger partial charge in [0.2, 0.25) is 5.91 Å². The van der Waals surface area contributed by atoms with Crippen LogP contribution in [0.5, 0.6) is 0 Å². The van der Waals surface area contributed by atoms with Gasteiger partial charge in [-0.3, -0.25) is 9.69 Å². The van der Waals surface area contributed by atoms with E-state index in [9.17, 15) is 4.79 Å². The van der Waals surface area contributed by atoms with Gasteiger partial charge in [0.05, 0.1) is 0 Å². The molecule has 1 aromatic rings. The van der Waals surface area contributed by atoms with Gasteiger partial charge in [-0.05, 0) is 36.8 Å². The Labute approximate surface area is 119 Å². The third-order valence-corrected chi connectivity index (χ3v) is 4.49. The third-order valence-electron chi connectivity index (χ3n) is 3.46. The summed E-state index contributed by atoms with van der Waals surface area (Å²) in [6.07, 6.45) is 2.44. The molecule has 1 unspecified atom stereocenters. The first-order valence-electron chi connectivity index (χ1n) is 6.95. The van der Waals surface area contributed by atoms with Crippen molar-refractivity contribution in [2.45, 2.75) is 38.8 Å². The summed E-state index contributed by atoms with van der Waals surface area (Å²) in [5, 5.41) is 5.14. The van der Waals surface area contributed by atoms with E-state index in [-0.39, 0.29) is 11.9 Å². The number of carbonyl (C=O) groups excluding carboxylic acids is 1. The summed E-state index contributed by atoms with van der Waals surface area (Å²) in [5.74, 6) is 0.116. The number of carbonyl (C=O) groups is 1. The predicted molar refractivity (Wildman–Crippen MR) is 79.2 cm³/mol. The molecular formula is C14H23N3OS. The first kappa shape index (κ1) is 14.5. The Kier molecular flexibility index (Phi) is 5.36. The summed E-state index contributed by atoms with van der Waals surface area (Å²) in [6, 6.07) is 2.32. The number of hydrogen-bond acceptors (Lipinski definition) is 4. The van der Waals surface area contributed by atoms with Crippen LogP contribution in [0.25, 0.3) is 0 Å². The van der Waals surface area contributed by atoms with Crippen molar-refractivity contribution >= 4 is 17.2 Å². The van der Waals surface area contributed by atoms with Crippen molar-refractivity contribution in [2.24, 2.45) is 5.73 Å². The Morgan fingerprint density at radius 2 is 2.47 bits per heavy atom. The molecule has 4 nitrogen and oxygen atoms in total. The molecule has 2 heterocycles. The molecule has 0 radical (unpaired) electrons. The third kappa shape index (κ3) is 4.60. The van der Waals surface area contributed by atoms with Crippen molar-refractivity contribution in [1.29, 1.82) is 0 Å². The van der Waals surface area contributed by atoms with Crippen LogP contribution < -0.4 is 11.1 Å². The molecule has 1 aromatic heterocycles. The van der Waals surface area contributed by atoms with E-state index in [1.165, 1.54) is 10.4 Å². The second-order valence-corrected chi connectivity index (χ2v) is 6.26. The minimum absolute atomic E-state index is 0.102. The number of hydrogen-bond donors (Lipinski definition) is 2. The van der Waals surface area contributed by atoms with Crippen LogP contribution >= 0.6 is 11.3 Å². The minimum Gasteiger partial charge on any atom is -0.355 e. The lowest BCUT2D eigenvalue weighted by Crippen LogP contribution is -2.37. The van der Waals surface area contributed by atoms with E-state index < -0.39 is 0 Å². The number of rotatable bonds is 6. The minimum atomic E-state index is 0.102. The lowest BCUT2D eigenvalue weighted by Gasteiger charge is -2.26. The lowest BCUT2D eigenvalue weighted by molar-refractivity contribution is -0.121. The number of fused-ring (bicyclic) bond motifs is 1. The zero-order valence-corrected chi connectivity index (χ0v) is 12.3. The maximum absolute atomic E-state index is 11.6. The fourth-order valence-corrected chi connectivity index (χ4v) is 3.19. The highest BCUT2D eigenvalue weighted by atomic mass is 32.1. The van der Waals surface area contributed by atoms with Gasteiger partial charge in [0.15, 0.2) is 0 Å². The van der Waals surface area contributed by atoms with E-state index in [0.717, 1.165) is 39.0 Å². The number of nitrogens with one attached hydrogen (secondary N) is 1. The van der Waals surface area contributed by atoms with Gasteiger partial charge >= 0.3 is 0 Å². The summed E-state index contributed by atoms with van der Waals surface area (Å²) < 4.78 is 0. The number of thiophene rings is 1. The maximum Gasteiger partial charge on any atom is 0.220 e. The first-order valence-corrected chi connectivity index (χ1v) is 7.83. The molecule has 2 rings (SSSR count). The molecule has 5 heteroatoms. The molecule has 1 aliphatic rings. The van der Waals surface area contributed by atoms with Gasteiger partial charge in [-0.25, -0.2) is 0 Å². The fourth-order valence-electron chi connectivity index (χ4n) is 2.30. The molecule has 1 aliphatic heterocycles. The van der Waals surface area contributed by atoms with Gasteiger partial charge in [0, 0.05) is 43.5 Å². The van der Waals surface area contributed by atoms with Crippen LogP contribution in [0.2, 0.25) is 0 Å². The normalized spacial score (nSPS) is 16.9. The zero-order chi connectivity index (χ0) is 13.7. The average Bonchev–Trinajstić information content (AvgIpc) is 2.83. The summed E-state index contributed by atoms with van der Waals surface area (Å²) >= 11 is 1.86. The summed E-state index contributed by atoms with van der Waals surface area (Å²) in [7, 11) is 0. The molecule has 19 heavy (non-hydrogen) atoms. The standard InChI is InChI=1S/C14H23N3OS/c1-11(15)2-3-14(18)16-6-8-17-7-4-13-12(10-17)5-9-19-13/h5,9,11H,2-4,6-8,10,15H2,1H3,(H,16,18). The predicted octanol–water partition coefficient (Wildman–Crippen LogP) is 1.35. The SMILES string of the molecule is CC(N)CCC(=O)NCCN1CCc2sccc2C1. The summed E-state index contributed by atoms with van der Waals surface area (Å²) in [6.45, 7) is 5.72. The first-order chi connectivity index (χ1) is 9.15. The van der Waals surface area contributed by atoms with E-state index >= 15 is 0 Å². The molecule has 0 bridgehead atoms. The summed E-state index contributed by atoms with van der Waals surface area (Å²) in [5.41, 5.74) is 7.09. The van der Waals surface area contributed by atoms with Gasteiger partial charge in [-0.15, -0.1) is 11.3 Å². The molecule has 0 spiro atoms. The molecule has 3 N–H and O–H groups in total. The van der Waals surface area contributed by atoms with Crippen molar-refractivity contribution in [1.82, 2.24) is 10.2 Å². The van der Waals surface area contributed by atoms with Crippen LogP contribution in [0.1, 0.15) is 30.2 Å². The molecule has 1 amide bonds. The second kappa shape index (κ2) is 7.03. The van der Waals surface area contributed by atoms with Crippen molar-refractivity contribution in [3.05, 3.63) is 21.9 Å². The largest absolute Gasteiger partial charge is 0.355 e. The highest BCUT2D eigenvalue weighted by Crippen LogP contribution is 2.23. The maximum atomic E-state index is 11.6. The van der Waals surface area contributed by atoms with E-state index in [0.29, 0.717) is 6.42 Å². The number of amides is 1. The second-order valence-electron chi connectivity index (χ2n) is 5.26. The molecule has 1 atom stereocenters. The van der Waals surface area contributed by atoms with Gasteiger partial charge in [-0.1, -0.05) is 0 Å². The van der Waals surface area contributed by atoms with Crippen LogP contribution in [0.3, 0.4) is 0 Å². The monoisotopic (exact) mass is 281 g/mol. The van der Waals surface area contributed by atoms with E-state index in [1.54, 1.807) is 0 Å². The number of nitrogens with zero attached hydrogens (tertiary/aromatic N) is 1. The molecule has 0 aliphatic carbocycles. The fraction of sp³-hybridized carbons (Fsp3) is 0.643. The van der Waals surface area contributed by atoms with Gasteiger partial charge in [-0.2, -0.15) is 0 Å². The van der Waals surface area contributed by atoms with Crippen LogP contribution in [-0.2, 0) is 17.8 Å². The summed E-state index contributed by atoms with van der Waals surface area (Å²) in [4.78, 5) is 15.5. The van der Waals surface area contributed by atoms with Gasteiger partial charge in [0.25, 0.3) is 0 Å². The molecule has 0 saturated carbocycles. The van der Waals surface area contributed by atoms with Crippen molar-refractivity contribution in [3.63, 3.8) is 0 Å². The highest BCUT2D eigenvalue weighted by Gasteiger charge is 2.16. The lowest BCUT2D eigenvalue weighted by atomic mass is 10.1. The van der Waals surface area contributed by atoms with Crippen LogP contribution in [0.15, 0.2) is 11.4 Å². The van der Waals surface area contributed by atoms with Crippen LogP contribution in [-0.4, -0.2) is 36.5 Å². The Bertz CT molecular complexity index is 417. The Morgan fingerprint density at radius 1 is 1.63 bits per heavy atom.